The first-order valence-corrected chi connectivity index (χ1v) is 12.8. The van der Waals surface area contributed by atoms with Crippen molar-refractivity contribution in [2.24, 2.45) is 0 Å². The van der Waals surface area contributed by atoms with Gasteiger partial charge in [0.15, 0.2) is 0 Å². The summed E-state index contributed by atoms with van der Waals surface area (Å²) in [6.45, 7) is 3.25. The van der Waals surface area contributed by atoms with E-state index in [9.17, 15) is 14.0 Å². The smallest absolute Gasteiger partial charge is 0.415 e. The summed E-state index contributed by atoms with van der Waals surface area (Å²) >= 11 is 0. The third kappa shape index (κ3) is 5.94. The Bertz CT molecular complexity index is 1280. The molecule has 2 aliphatic heterocycles. The molecule has 0 bridgehead atoms. The van der Waals surface area contributed by atoms with Gasteiger partial charge in [-0.25, -0.2) is 14.2 Å². The van der Waals surface area contributed by atoms with E-state index in [0.717, 1.165) is 24.0 Å². The van der Waals surface area contributed by atoms with E-state index < -0.39 is 6.09 Å². The van der Waals surface area contributed by atoms with Crippen LogP contribution in [0.1, 0.15) is 46.9 Å². The van der Waals surface area contributed by atoms with Crippen LogP contribution in [0.15, 0.2) is 60.7 Å². The zero-order valence-electron chi connectivity index (χ0n) is 21.2. The predicted molar refractivity (Wildman–Crippen MR) is 139 cm³/mol. The minimum Gasteiger partial charge on any atom is -0.474 e. The lowest BCUT2D eigenvalue weighted by molar-refractivity contribution is 0.0852. The molecule has 2 aromatic carbocycles. The summed E-state index contributed by atoms with van der Waals surface area (Å²) in [7, 11) is 0. The van der Waals surface area contributed by atoms with Crippen LogP contribution >= 0.6 is 0 Å². The summed E-state index contributed by atoms with van der Waals surface area (Å²) in [6, 6.07) is 16.9. The molecule has 0 unspecified atom stereocenters. The number of hydrogen-bond donors (Lipinski definition) is 1. The Labute approximate surface area is 220 Å². The van der Waals surface area contributed by atoms with Crippen LogP contribution < -0.4 is 15.0 Å². The zero-order chi connectivity index (χ0) is 26.5. The minimum absolute atomic E-state index is 0.0240. The number of carbonyl (C=O) groups excluding carboxylic acids is 2. The average molecular weight is 520 g/mol. The van der Waals surface area contributed by atoms with Crippen LogP contribution in [0, 0.1) is 5.82 Å². The highest BCUT2D eigenvalue weighted by molar-refractivity contribution is 5.96. The van der Waals surface area contributed by atoms with E-state index in [1.54, 1.807) is 18.2 Å². The SMILES string of the molecule is C[C@H]1COc2nc(C(=O)NC[C@H]3CCCO3)c(Cc3ccc(F)cc3)cc2N1C(=O)OCc1ccccc1. The van der Waals surface area contributed by atoms with Crippen LogP contribution in [0.3, 0.4) is 0 Å². The van der Waals surface area contributed by atoms with Crippen molar-refractivity contribution in [3.8, 4) is 5.88 Å². The van der Waals surface area contributed by atoms with E-state index in [-0.39, 0.29) is 48.7 Å². The number of amides is 2. The van der Waals surface area contributed by atoms with Crippen LogP contribution in [-0.4, -0.2) is 48.9 Å². The number of nitrogens with zero attached hydrogens (tertiary/aromatic N) is 2. The van der Waals surface area contributed by atoms with Gasteiger partial charge in [0, 0.05) is 13.2 Å². The topological polar surface area (TPSA) is 90.0 Å². The Morgan fingerprint density at radius 1 is 1.13 bits per heavy atom. The summed E-state index contributed by atoms with van der Waals surface area (Å²) in [5, 5.41) is 2.92. The molecule has 1 saturated heterocycles. The number of nitrogens with one attached hydrogen (secondary N) is 1. The Hall–Kier alpha value is -3.98. The summed E-state index contributed by atoms with van der Waals surface area (Å²) in [6.07, 6.45) is 1.61. The van der Waals surface area contributed by atoms with Crippen molar-refractivity contribution in [2.45, 2.75) is 44.9 Å². The number of fused-ring (bicyclic) bond motifs is 1. The van der Waals surface area contributed by atoms with Crippen molar-refractivity contribution in [2.75, 3.05) is 24.7 Å². The fraction of sp³-hybridized carbons (Fsp3) is 0.345. The number of hydrogen-bond acceptors (Lipinski definition) is 6. The quantitative estimate of drug-likeness (QED) is 0.489. The van der Waals surface area contributed by atoms with Crippen molar-refractivity contribution in [1.29, 1.82) is 0 Å². The second kappa shape index (κ2) is 11.6. The molecule has 1 fully saturated rings. The number of benzene rings is 2. The van der Waals surface area contributed by atoms with Gasteiger partial charge in [0.2, 0.25) is 5.88 Å². The standard InChI is InChI=1S/C29H30FN3O5/c1-19-17-37-28-25(33(19)29(35)38-18-21-6-3-2-4-7-21)15-22(14-20-9-11-23(30)12-10-20)26(32-28)27(34)31-16-24-8-5-13-36-24/h2-4,6-7,9-12,15,19,24H,5,8,13-14,16-18H2,1H3,(H,31,34)/t19-,24+/m0/s1. The molecule has 0 saturated carbocycles. The highest BCUT2D eigenvalue weighted by Gasteiger charge is 2.34. The maximum absolute atomic E-state index is 13.5. The third-order valence-electron chi connectivity index (χ3n) is 6.65. The molecule has 8 nitrogen and oxygen atoms in total. The average Bonchev–Trinajstić information content (AvgIpc) is 3.46. The fourth-order valence-corrected chi connectivity index (χ4v) is 4.63. The summed E-state index contributed by atoms with van der Waals surface area (Å²) in [4.78, 5) is 32.5. The largest absolute Gasteiger partial charge is 0.474 e. The van der Waals surface area contributed by atoms with Crippen molar-refractivity contribution in [1.82, 2.24) is 10.3 Å². The molecule has 0 radical (unpaired) electrons. The lowest BCUT2D eigenvalue weighted by atomic mass is 10.0. The van der Waals surface area contributed by atoms with Gasteiger partial charge in [-0.3, -0.25) is 9.69 Å². The number of ether oxygens (including phenoxy) is 3. The molecule has 3 heterocycles. The van der Waals surface area contributed by atoms with Gasteiger partial charge in [-0.15, -0.1) is 0 Å². The van der Waals surface area contributed by atoms with Crippen LogP contribution in [0.2, 0.25) is 0 Å². The number of pyridine rings is 1. The van der Waals surface area contributed by atoms with Gasteiger partial charge >= 0.3 is 6.09 Å². The molecule has 2 amide bonds. The van der Waals surface area contributed by atoms with Crippen LogP contribution in [0.4, 0.5) is 14.9 Å². The zero-order valence-corrected chi connectivity index (χ0v) is 21.2. The van der Waals surface area contributed by atoms with Crippen molar-refractivity contribution >= 4 is 17.7 Å². The molecule has 9 heteroatoms. The van der Waals surface area contributed by atoms with E-state index in [1.165, 1.54) is 17.0 Å². The molecule has 38 heavy (non-hydrogen) atoms. The minimum atomic E-state index is -0.531. The second-order valence-corrected chi connectivity index (χ2v) is 9.54. The van der Waals surface area contributed by atoms with E-state index >= 15 is 0 Å². The van der Waals surface area contributed by atoms with E-state index in [1.807, 2.05) is 37.3 Å². The first-order chi connectivity index (χ1) is 18.5. The van der Waals surface area contributed by atoms with Gasteiger partial charge in [-0.2, -0.15) is 0 Å². The molecule has 198 valence electrons. The monoisotopic (exact) mass is 519 g/mol. The summed E-state index contributed by atoms with van der Waals surface area (Å²) in [5.74, 6) is -0.521. The Balaban J connectivity index is 1.44. The Morgan fingerprint density at radius 3 is 2.66 bits per heavy atom. The summed E-state index contributed by atoms with van der Waals surface area (Å²) < 4.78 is 30.6. The highest BCUT2D eigenvalue weighted by atomic mass is 19.1. The molecule has 5 rings (SSSR count). The lowest BCUT2D eigenvalue weighted by Gasteiger charge is -2.34. The number of carbonyl (C=O) groups is 2. The van der Waals surface area contributed by atoms with Crippen molar-refractivity contribution in [3.05, 3.63) is 88.9 Å². The normalized spacial score (nSPS) is 18.4. The fourth-order valence-electron chi connectivity index (χ4n) is 4.63. The molecule has 1 N–H and O–H groups in total. The first kappa shape index (κ1) is 25.7. The number of aromatic nitrogens is 1. The second-order valence-electron chi connectivity index (χ2n) is 9.54. The Morgan fingerprint density at radius 2 is 1.92 bits per heavy atom. The molecule has 3 aromatic rings. The maximum Gasteiger partial charge on any atom is 0.415 e. The Kier molecular flexibility index (Phi) is 7.83. The highest BCUT2D eigenvalue weighted by Crippen LogP contribution is 2.35. The molecule has 0 aliphatic carbocycles. The van der Waals surface area contributed by atoms with Crippen molar-refractivity contribution in [3.63, 3.8) is 0 Å². The molecular weight excluding hydrogens is 489 g/mol. The van der Waals surface area contributed by atoms with Gasteiger partial charge in [0.1, 0.15) is 30.4 Å². The number of anilines is 1. The molecule has 0 spiro atoms. The van der Waals surface area contributed by atoms with Crippen LogP contribution in [0.25, 0.3) is 0 Å². The van der Waals surface area contributed by atoms with Crippen molar-refractivity contribution < 1.29 is 28.2 Å². The number of rotatable bonds is 7. The van der Waals surface area contributed by atoms with E-state index in [2.05, 4.69) is 10.3 Å². The predicted octanol–water partition coefficient (Wildman–Crippen LogP) is 4.64. The lowest BCUT2D eigenvalue weighted by Crippen LogP contribution is -2.46. The van der Waals surface area contributed by atoms with Gasteiger partial charge < -0.3 is 19.5 Å². The van der Waals surface area contributed by atoms with Gasteiger partial charge in [-0.1, -0.05) is 42.5 Å². The first-order valence-electron chi connectivity index (χ1n) is 12.8. The van der Waals surface area contributed by atoms with Gasteiger partial charge in [0.05, 0.1) is 12.1 Å². The van der Waals surface area contributed by atoms with Gasteiger partial charge in [0.25, 0.3) is 5.91 Å². The summed E-state index contributed by atoms with van der Waals surface area (Å²) in [5.41, 5.74) is 2.87. The van der Waals surface area contributed by atoms with Crippen LogP contribution in [0.5, 0.6) is 5.88 Å². The van der Waals surface area contributed by atoms with E-state index in [4.69, 9.17) is 14.2 Å². The molecule has 1 aromatic heterocycles. The molecule has 2 atom stereocenters. The third-order valence-corrected chi connectivity index (χ3v) is 6.65. The van der Waals surface area contributed by atoms with E-state index in [0.29, 0.717) is 30.8 Å². The maximum atomic E-state index is 13.5. The number of halogens is 1. The van der Waals surface area contributed by atoms with Gasteiger partial charge in [-0.05, 0) is 61.1 Å². The van der Waals surface area contributed by atoms with Crippen LogP contribution in [-0.2, 0) is 22.5 Å². The molecule has 2 aliphatic rings. The molecular formula is C29H30FN3O5.